The largest absolute Gasteiger partial charge is 0.507 e. The van der Waals surface area contributed by atoms with Crippen LogP contribution in [0.5, 0.6) is 5.75 Å². The SMILES string of the molecule is O=C(NN=Cc1ccccc1O)Nc1cccc(Cl)c1. The summed E-state index contributed by atoms with van der Waals surface area (Å²) in [7, 11) is 0. The average molecular weight is 290 g/mol. The van der Waals surface area contributed by atoms with Crippen molar-refractivity contribution in [1.82, 2.24) is 5.43 Å². The Morgan fingerprint density at radius 1 is 1.20 bits per heavy atom. The number of urea groups is 1. The Hall–Kier alpha value is -2.53. The quantitative estimate of drug-likeness (QED) is 0.599. The molecule has 6 heteroatoms. The molecule has 0 spiro atoms. The Bertz CT molecular complexity index is 644. The third-order valence-corrected chi connectivity index (χ3v) is 2.62. The van der Waals surface area contributed by atoms with Gasteiger partial charge in [0.2, 0.25) is 0 Å². The number of nitrogens with zero attached hydrogens (tertiary/aromatic N) is 1. The number of phenols is 1. The second kappa shape index (κ2) is 6.58. The number of phenolic OH excluding ortho intramolecular Hbond substituents is 1. The van der Waals surface area contributed by atoms with Crippen LogP contribution in [0.2, 0.25) is 5.02 Å². The summed E-state index contributed by atoms with van der Waals surface area (Å²) in [5.41, 5.74) is 3.36. The maximum Gasteiger partial charge on any atom is 0.339 e. The third kappa shape index (κ3) is 4.00. The van der Waals surface area contributed by atoms with E-state index in [1.54, 1.807) is 42.5 Å². The third-order valence-electron chi connectivity index (χ3n) is 2.39. The molecule has 5 nitrogen and oxygen atoms in total. The van der Waals surface area contributed by atoms with Crippen LogP contribution in [0.15, 0.2) is 53.6 Å². The van der Waals surface area contributed by atoms with E-state index in [1.165, 1.54) is 12.3 Å². The molecular weight excluding hydrogens is 278 g/mol. The van der Waals surface area contributed by atoms with Crippen molar-refractivity contribution < 1.29 is 9.90 Å². The fourth-order valence-corrected chi connectivity index (χ4v) is 1.67. The van der Waals surface area contributed by atoms with Gasteiger partial charge >= 0.3 is 6.03 Å². The number of nitrogens with one attached hydrogen (secondary N) is 2. The first-order chi connectivity index (χ1) is 9.65. The lowest BCUT2D eigenvalue weighted by Gasteiger charge is -2.04. The van der Waals surface area contributed by atoms with Gasteiger partial charge in [0.15, 0.2) is 0 Å². The highest BCUT2D eigenvalue weighted by Gasteiger charge is 2.00. The van der Waals surface area contributed by atoms with Gasteiger partial charge in [0, 0.05) is 16.3 Å². The van der Waals surface area contributed by atoms with Gasteiger partial charge in [-0.3, -0.25) is 0 Å². The van der Waals surface area contributed by atoms with E-state index in [2.05, 4.69) is 15.8 Å². The Balaban J connectivity index is 1.91. The van der Waals surface area contributed by atoms with Crippen LogP contribution < -0.4 is 10.7 Å². The van der Waals surface area contributed by atoms with Gasteiger partial charge in [0.05, 0.1) is 6.21 Å². The minimum absolute atomic E-state index is 0.0910. The standard InChI is InChI=1S/C14H12ClN3O2/c15-11-5-3-6-12(8-11)17-14(20)18-16-9-10-4-1-2-7-13(10)19/h1-9,19H,(H2,17,18,20). The number of hydrogen-bond donors (Lipinski definition) is 3. The molecule has 0 bridgehead atoms. The minimum atomic E-state index is -0.501. The molecule has 20 heavy (non-hydrogen) atoms. The van der Waals surface area contributed by atoms with Gasteiger partial charge in [-0.05, 0) is 30.3 Å². The molecule has 0 aliphatic carbocycles. The Morgan fingerprint density at radius 2 is 2.00 bits per heavy atom. The number of amides is 2. The van der Waals surface area contributed by atoms with E-state index >= 15 is 0 Å². The smallest absolute Gasteiger partial charge is 0.339 e. The minimum Gasteiger partial charge on any atom is -0.507 e. The zero-order valence-corrected chi connectivity index (χ0v) is 11.1. The molecule has 2 rings (SSSR count). The van der Waals surface area contributed by atoms with E-state index < -0.39 is 6.03 Å². The molecule has 0 fully saturated rings. The monoisotopic (exact) mass is 289 g/mol. The highest BCUT2D eigenvalue weighted by molar-refractivity contribution is 6.30. The van der Waals surface area contributed by atoms with Gasteiger partial charge in [0.25, 0.3) is 0 Å². The summed E-state index contributed by atoms with van der Waals surface area (Å²) in [5, 5.41) is 16.3. The van der Waals surface area contributed by atoms with Crippen molar-refractivity contribution >= 4 is 29.5 Å². The molecule has 0 heterocycles. The summed E-state index contributed by atoms with van der Waals surface area (Å²) < 4.78 is 0. The Morgan fingerprint density at radius 3 is 2.75 bits per heavy atom. The molecule has 2 aromatic rings. The summed E-state index contributed by atoms with van der Waals surface area (Å²) in [6.45, 7) is 0. The van der Waals surface area contributed by atoms with Crippen molar-refractivity contribution in [3.63, 3.8) is 0 Å². The number of para-hydroxylation sites is 1. The second-order valence-corrected chi connectivity index (χ2v) is 4.33. The lowest BCUT2D eigenvalue weighted by atomic mass is 10.2. The number of benzene rings is 2. The summed E-state index contributed by atoms with van der Waals surface area (Å²) in [6.07, 6.45) is 1.35. The number of rotatable bonds is 3. The highest BCUT2D eigenvalue weighted by atomic mass is 35.5. The van der Waals surface area contributed by atoms with Crippen LogP contribution >= 0.6 is 11.6 Å². The van der Waals surface area contributed by atoms with E-state index in [0.717, 1.165) is 0 Å². The van der Waals surface area contributed by atoms with Gasteiger partial charge in [0.1, 0.15) is 5.75 Å². The van der Waals surface area contributed by atoms with E-state index in [9.17, 15) is 9.90 Å². The summed E-state index contributed by atoms with van der Waals surface area (Å²) in [5.74, 6) is 0.0910. The van der Waals surface area contributed by atoms with Crippen LogP contribution in [-0.2, 0) is 0 Å². The molecule has 0 radical (unpaired) electrons. The molecule has 102 valence electrons. The molecule has 0 aliphatic rings. The van der Waals surface area contributed by atoms with E-state index in [-0.39, 0.29) is 5.75 Å². The first kappa shape index (κ1) is 13.9. The van der Waals surface area contributed by atoms with Crippen LogP contribution in [0.3, 0.4) is 0 Å². The fourth-order valence-electron chi connectivity index (χ4n) is 1.48. The average Bonchev–Trinajstić information content (AvgIpc) is 2.41. The number of hydrazone groups is 1. The number of carbonyl (C=O) groups is 1. The van der Waals surface area contributed by atoms with E-state index in [1.807, 2.05) is 0 Å². The van der Waals surface area contributed by atoms with E-state index in [0.29, 0.717) is 16.3 Å². The van der Waals surface area contributed by atoms with Gasteiger partial charge in [-0.25, -0.2) is 10.2 Å². The molecule has 0 atom stereocenters. The van der Waals surface area contributed by atoms with Gasteiger partial charge in [-0.2, -0.15) is 5.10 Å². The molecule has 2 amide bonds. The van der Waals surface area contributed by atoms with Gasteiger partial charge < -0.3 is 10.4 Å². The van der Waals surface area contributed by atoms with Gasteiger partial charge in [-0.15, -0.1) is 0 Å². The van der Waals surface area contributed by atoms with Crippen LogP contribution in [0.25, 0.3) is 0 Å². The fraction of sp³-hybridized carbons (Fsp3) is 0. The van der Waals surface area contributed by atoms with Crippen molar-refractivity contribution in [2.45, 2.75) is 0 Å². The van der Waals surface area contributed by atoms with Crippen molar-refractivity contribution in [2.24, 2.45) is 5.10 Å². The number of aromatic hydroxyl groups is 1. The normalized spacial score (nSPS) is 10.4. The molecular formula is C14H12ClN3O2. The Labute approximate surface area is 120 Å². The second-order valence-electron chi connectivity index (χ2n) is 3.89. The Kier molecular flexibility index (Phi) is 4.57. The lowest BCUT2D eigenvalue weighted by Crippen LogP contribution is -2.24. The molecule has 0 aliphatic heterocycles. The van der Waals surface area contributed by atoms with Gasteiger partial charge in [-0.1, -0.05) is 29.8 Å². The van der Waals surface area contributed by atoms with Crippen LogP contribution in [-0.4, -0.2) is 17.4 Å². The molecule has 0 saturated carbocycles. The zero-order chi connectivity index (χ0) is 14.4. The molecule has 0 aromatic heterocycles. The lowest BCUT2D eigenvalue weighted by molar-refractivity contribution is 0.252. The van der Waals surface area contributed by atoms with Crippen LogP contribution in [0.1, 0.15) is 5.56 Å². The highest BCUT2D eigenvalue weighted by Crippen LogP contribution is 2.14. The molecule has 0 unspecified atom stereocenters. The summed E-state index contributed by atoms with van der Waals surface area (Å²) in [4.78, 5) is 11.6. The number of carbonyl (C=O) groups excluding carboxylic acids is 1. The van der Waals surface area contributed by atoms with Crippen LogP contribution in [0.4, 0.5) is 10.5 Å². The maximum absolute atomic E-state index is 11.6. The first-order valence-electron chi connectivity index (χ1n) is 5.79. The molecule has 0 saturated heterocycles. The topological polar surface area (TPSA) is 73.7 Å². The zero-order valence-electron chi connectivity index (χ0n) is 10.4. The predicted molar refractivity (Wildman–Crippen MR) is 79.3 cm³/mol. The van der Waals surface area contributed by atoms with E-state index in [4.69, 9.17) is 11.6 Å². The van der Waals surface area contributed by atoms with Crippen LogP contribution in [0, 0.1) is 0 Å². The maximum atomic E-state index is 11.6. The molecule has 2 aromatic carbocycles. The summed E-state index contributed by atoms with van der Waals surface area (Å²) in [6, 6.07) is 12.9. The summed E-state index contributed by atoms with van der Waals surface area (Å²) >= 11 is 5.80. The van der Waals surface area contributed by atoms with Crippen molar-refractivity contribution in [3.8, 4) is 5.75 Å². The van der Waals surface area contributed by atoms with Crippen molar-refractivity contribution in [3.05, 3.63) is 59.1 Å². The number of hydrogen-bond acceptors (Lipinski definition) is 3. The predicted octanol–water partition coefficient (Wildman–Crippen LogP) is 3.20. The van der Waals surface area contributed by atoms with Crippen molar-refractivity contribution in [2.75, 3.05) is 5.32 Å². The molecule has 3 N–H and O–H groups in total. The number of halogens is 1. The van der Waals surface area contributed by atoms with Crippen molar-refractivity contribution in [1.29, 1.82) is 0 Å². The number of anilines is 1. The first-order valence-corrected chi connectivity index (χ1v) is 6.16.